The molecule has 1 rings (SSSR count). The molecule has 0 amide bonds. The first-order chi connectivity index (χ1) is 5.88. The van der Waals surface area contributed by atoms with Crippen molar-refractivity contribution in [2.24, 2.45) is 5.73 Å². The normalized spacial score (nSPS) is 10.2. The molecule has 12 heavy (non-hydrogen) atoms. The second-order valence-corrected chi connectivity index (χ2v) is 2.68. The second-order valence-electron chi connectivity index (χ2n) is 2.68. The van der Waals surface area contributed by atoms with Crippen molar-refractivity contribution in [3.63, 3.8) is 0 Å². The van der Waals surface area contributed by atoms with Crippen LogP contribution < -0.4 is 11.1 Å². The fraction of sp³-hybridized carbons (Fsp3) is 0.625. The monoisotopic (exact) mass is 168 g/mol. The van der Waals surface area contributed by atoms with Crippen LogP contribution in [-0.4, -0.2) is 23.3 Å². The quantitative estimate of drug-likeness (QED) is 0.568. The highest BCUT2D eigenvalue weighted by atomic mass is 15.1. The number of rotatable bonds is 5. The molecule has 0 bridgehead atoms. The molecule has 0 saturated carbocycles. The predicted octanol–water partition coefficient (Wildman–Crippen LogP) is 0.733. The number of nitrogens with one attached hydrogen (secondary N) is 2. The van der Waals surface area contributed by atoms with Gasteiger partial charge in [-0.05, 0) is 19.4 Å². The summed E-state index contributed by atoms with van der Waals surface area (Å²) in [5.41, 5.74) is 7.64. The van der Waals surface area contributed by atoms with E-state index in [9.17, 15) is 0 Å². The maximum atomic E-state index is 5.38. The van der Waals surface area contributed by atoms with Gasteiger partial charge in [-0.25, -0.2) is 0 Å². The van der Waals surface area contributed by atoms with Crippen LogP contribution in [0.5, 0.6) is 0 Å². The fourth-order valence-corrected chi connectivity index (χ4v) is 1.06. The van der Waals surface area contributed by atoms with Crippen molar-refractivity contribution in [1.29, 1.82) is 0 Å². The number of hydrogen-bond acceptors (Lipinski definition) is 3. The zero-order valence-corrected chi connectivity index (χ0v) is 7.43. The molecule has 4 nitrogen and oxygen atoms in total. The van der Waals surface area contributed by atoms with Crippen molar-refractivity contribution in [2.75, 3.05) is 18.4 Å². The first kappa shape index (κ1) is 9.06. The molecular formula is C8H16N4. The Morgan fingerprint density at radius 1 is 1.67 bits per heavy atom. The molecule has 0 fully saturated rings. The van der Waals surface area contributed by atoms with E-state index in [4.69, 9.17) is 5.73 Å². The van der Waals surface area contributed by atoms with Crippen molar-refractivity contribution in [3.8, 4) is 0 Å². The Hall–Kier alpha value is -1.03. The highest BCUT2D eigenvalue weighted by molar-refractivity contribution is 5.45. The number of aromatic nitrogens is 2. The van der Waals surface area contributed by atoms with Gasteiger partial charge in [0.25, 0.3) is 0 Å². The van der Waals surface area contributed by atoms with Crippen molar-refractivity contribution in [1.82, 2.24) is 10.2 Å². The molecule has 4 heteroatoms. The lowest BCUT2D eigenvalue weighted by Crippen LogP contribution is -2.08. The molecule has 4 N–H and O–H groups in total. The van der Waals surface area contributed by atoms with Crippen LogP contribution in [0.1, 0.15) is 19.0 Å². The first-order valence-corrected chi connectivity index (χ1v) is 4.34. The van der Waals surface area contributed by atoms with Crippen LogP contribution in [0.2, 0.25) is 0 Å². The molecule has 0 radical (unpaired) electrons. The van der Waals surface area contributed by atoms with Crippen LogP contribution in [0.3, 0.4) is 0 Å². The SMILES string of the molecule is CCc1[nH]ncc1NCCCN. The molecule has 0 spiro atoms. The maximum absolute atomic E-state index is 5.38. The van der Waals surface area contributed by atoms with E-state index in [0.717, 1.165) is 37.3 Å². The first-order valence-electron chi connectivity index (χ1n) is 4.34. The number of aryl methyl sites for hydroxylation is 1. The van der Waals surface area contributed by atoms with Gasteiger partial charge < -0.3 is 11.1 Å². The van der Waals surface area contributed by atoms with Crippen molar-refractivity contribution in [3.05, 3.63) is 11.9 Å². The third-order valence-corrected chi connectivity index (χ3v) is 1.77. The smallest absolute Gasteiger partial charge is 0.0756 e. The second kappa shape index (κ2) is 4.77. The Kier molecular flexibility index (Phi) is 3.60. The van der Waals surface area contributed by atoms with Crippen molar-refractivity contribution >= 4 is 5.69 Å². The van der Waals surface area contributed by atoms with Gasteiger partial charge in [0.1, 0.15) is 0 Å². The van der Waals surface area contributed by atoms with E-state index in [1.165, 1.54) is 0 Å². The summed E-state index contributed by atoms with van der Waals surface area (Å²) in [5.74, 6) is 0. The summed E-state index contributed by atoms with van der Waals surface area (Å²) in [6, 6.07) is 0. The molecule has 0 aromatic carbocycles. The van der Waals surface area contributed by atoms with Gasteiger partial charge in [0.15, 0.2) is 0 Å². The molecule has 0 atom stereocenters. The highest BCUT2D eigenvalue weighted by Crippen LogP contribution is 2.10. The maximum Gasteiger partial charge on any atom is 0.0756 e. The Bertz CT molecular complexity index is 219. The minimum atomic E-state index is 0.728. The minimum Gasteiger partial charge on any atom is -0.382 e. The Balaban J connectivity index is 2.39. The van der Waals surface area contributed by atoms with Crippen LogP contribution in [0.15, 0.2) is 6.20 Å². The molecule has 68 valence electrons. The third kappa shape index (κ3) is 2.23. The Labute approximate surface area is 72.5 Å². The van der Waals surface area contributed by atoms with Crippen molar-refractivity contribution in [2.45, 2.75) is 19.8 Å². The average molecular weight is 168 g/mol. The zero-order chi connectivity index (χ0) is 8.81. The molecular weight excluding hydrogens is 152 g/mol. The summed E-state index contributed by atoms with van der Waals surface area (Å²) in [6.07, 6.45) is 3.79. The van der Waals surface area contributed by atoms with E-state index in [2.05, 4.69) is 22.4 Å². The van der Waals surface area contributed by atoms with Gasteiger partial charge in [-0.2, -0.15) is 5.10 Å². The molecule has 0 unspecified atom stereocenters. The number of aromatic amines is 1. The summed E-state index contributed by atoms with van der Waals surface area (Å²) in [7, 11) is 0. The van der Waals surface area contributed by atoms with Gasteiger partial charge in [-0.15, -0.1) is 0 Å². The third-order valence-electron chi connectivity index (χ3n) is 1.77. The molecule has 1 heterocycles. The minimum absolute atomic E-state index is 0.728. The largest absolute Gasteiger partial charge is 0.382 e. The highest BCUT2D eigenvalue weighted by Gasteiger charge is 2.00. The van der Waals surface area contributed by atoms with Gasteiger partial charge in [-0.3, -0.25) is 5.10 Å². The lowest BCUT2D eigenvalue weighted by molar-refractivity contribution is 0.871. The Morgan fingerprint density at radius 3 is 3.17 bits per heavy atom. The van der Waals surface area contributed by atoms with Crippen molar-refractivity contribution < 1.29 is 0 Å². The number of nitrogens with zero attached hydrogens (tertiary/aromatic N) is 1. The fourth-order valence-electron chi connectivity index (χ4n) is 1.06. The zero-order valence-electron chi connectivity index (χ0n) is 7.43. The van der Waals surface area contributed by atoms with Gasteiger partial charge >= 0.3 is 0 Å². The van der Waals surface area contributed by atoms with Gasteiger partial charge in [0.2, 0.25) is 0 Å². The average Bonchev–Trinajstić information content (AvgIpc) is 2.52. The van der Waals surface area contributed by atoms with E-state index in [1.54, 1.807) is 0 Å². The molecule has 0 aliphatic carbocycles. The molecule has 1 aromatic rings. The van der Waals surface area contributed by atoms with E-state index in [1.807, 2.05) is 6.20 Å². The van der Waals surface area contributed by atoms with E-state index < -0.39 is 0 Å². The lowest BCUT2D eigenvalue weighted by Gasteiger charge is -2.03. The Morgan fingerprint density at radius 2 is 2.50 bits per heavy atom. The summed E-state index contributed by atoms with van der Waals surface area (Å²) in [5, 5.41) is 10.2. The summed E-state index contributed by atoms with van der Waals surface area (Å²) in [4.78, 5) is 0. The number of hydrogen-bond donors (Lipinski definition) is 3. The van der Waals surface area contributed by atoms with Gasteiger partial charge in [0, 0.05) is 6.54 Å². The lowest BCUT2D eigenvalue weighted by atomic mass is 10.3. The number of H-pyrrole nitrogens is 1. The van der Waals surface area contributed by atoms with Crippen LogP contribution in [-0.2, 0) is 6.42 Å². The summed E-state index contributed by atoms with van der Waals surface area (Å²) >= 11 is 0. The molecule has 1 aromatic heterocycles. The topological polar surface area (TPSA) is 66.7 Å². The van der Waals surface area contributed by atoms with Crippen LogP contribution in [0.4, 0.5) is 5.69 Å². The van der Waals surface area contributed by atoms with Crippen LogP contribution in [0.25, 0.3) is 0 Å². The van der Waals surface area contributed by atoms with E-state index in [-0.39, 0.29) is 0 Å². The van der Waals surface area contributed by atoms with E-state index in [0.29, 0.717) is 0 Å². The van der Waals surface area contributed by atoms with E-state index >= 15 is 0 Å². The number of nitrogens with two attached hydrogens (primary N) is 1. The van der Waals surface area contributed by atoms with Gasteiger partial charge in [-0.1, -0.05) is 6.92 Å². The molecule has 0 saturated heterocycles. The van der Waals surface area contributed by atoms with Crippen LogP contribution in [0, 0.1) is 0 Å². The number of anilines is 1. The van der Waals surface area contributed by atoms with Crippen LogP contribution >= 0.6 is 0 Å². The summed E-state index contributed by atoms with van der Waals surface area (Å²) in [6.45, 7) is 3.75. The predicted molar refractivity (Wildman–Crippen MR) is 50.1 cm³/mol. The molecule has 0 aliphatic heterocycles. The van der Waals surface area contributed by atoms with Gasteiger partial charge in [0.05, 0.1) is 17.6 Å². The standard InChI is InChI=1S/C8H16N4/c1-2-7-8(6-11-12-7)10-5-3-4-9/h6,10H,2-5,9H2,1H3,(H,11,12). The summed E-state index contributed by atoms with van der Waals surface area (Å²) < 4.78 is 0. The molecule has 0 aliphatic rings.